The average Bonchev–Trinajstić information content (AvgIpc) is 2.77. The Hall–Kier alpha value is -1.96. The van der Waals surface area contributed by atoms with Crippen molar-refractivity contribution in [2.75, 3.05) is 19.6 Å². The largest absolute Gasteiger partial charge is 0.476 e. The van der Waals surface area contributed by atoms with E-state index >= 15 is 0 Å². The predicted molar refractivity (Wildman–Crippen MR) is 63.2 cm³/mol. The van der Waals surface area contributed by atoms with Gasteiger partial charge in [0.1, 0.15) is 6.54 Å². The van der Waals surface area contributed by atoms with Crippen LogP contribution in [0.5, 0.6) is 0 Å². The lowest BCUT2D eigenvalue weighted by molar-refractivity contribution is -0.121. The van der Waals surface area contributed by atoms with Crippen molar-refractivity contribution in [1.82, 2.24) is 25.6 Å². The van der Waals surface area contributed by atoms with Gasteiger partial charge in [-0.05, 0) is 19.5 Å². The van der Waals surface area contributed by atoms with Gasteiger partial charge < -0.3 is 15.7 Å². The zero-order chi connectivity index (χ0) is 13.4. The smallest absolute Gasteiger partial charge is 0.358 e. The van der Waals surface area contributed by atoms with E-state index in [1.54, 1.807) is 0 Å². The molecule has 0 fully saturated rings. The topological polar surface area (TPSA) is 109 Å². The quantitative estimate of drug-likeness (QED) is 0.519. The summed E-state index contributed by atoms with van der Waals surface area (Å²) in [6.07, 6.45) is 2.07. The van der Waals surface area contributed by atoms with E-state index in [1.165, 1.54) is 10.9 Å². The molecule has 0 unspecified atom stereocenters. The summed E-state index contributed by atoms with van der Waals surface area (Å²) in [7, 11) is 0. The van der Waals surface area contributed by atoms with Crippen molar-refractivity contribution in [3.63, 3.8) is 0 Å². The second-order valence-corrected chi connectivity index (χ2v) is 3.66. The van der Waals surface area contributed by atoms with Crippen molar-refractivity contribution in [2.24, 2.45) is 0 Å². The van der Waals surface area contributed by atoms with Crippen molar-refractivity contribution < 1.29 is 14.7 Å². The summed E-state index contributed by atoms with van der Waals surface area (Å²) >= 11 is 0. The molecule has 0 spiro atoms. The van der Waals surface area contributed by atoms with Crippen LogP contribution >= 0.6 is 0 Å². The van der Waals surface area contributed by atoms with Gasteiger partial charge in [0.15, 0.2) is 5.69 Å². The van der Waals surface area contributed by atoms with Gasteiger partial charge in [-0.15, -0.1) is 5.10 Å². The summed E-state index contributed by atoms with van der Waals surface area (Å²) in [5, 5.41) is 21.5. The summed E-state index contributed by atoms with van der Waals surface area (Å²) in [6.45, 7) is 4.32. The van der Waals surface area contributed by atoms with Crippen LogP contribution in [0.25, 0.3) is 0 Å². The van der Waals surface area contributed by atoms with E-state index in [0.717, 1.165) is 19.5 Å². The molecule has 1 rings (SSSR count). The van der Waals surface area contributed by atoms with E-state index in [0.29, 0.717) is 6.54 Å². The van der Waals surface area contributed by atoms with Crippen molar-refractivity contribution in [3.8, 4) is 0 Å². The highest BCUT2D eigenvalue weighted by molar-refractivity contribution is 5.84. The van der Waals surface area contributed by atoms with Crippen LogP contribution in [0.15, 0.2) is 6.20 Å². The molecule has 3 N–H and O–H groups in total. The van der Waals surface area contributed by atoms with Gasteiger partial charge in [-0.1, -0.05) is 12.1 Å². The number of hydrogen-bond acceptors (Lipinski definition) is 5. The number of nitrogens with one attached hydrogen (secondary N) is 2. The summed E-state index contributed by atoms with van der Waals surface area (Å²) in [4.78, 5) is 22.0. The molecule has 0 radical (unpaired) electrons. The van der Waals surface area contributed by atoms with Crippen LogP contribution in [0.4, 0.5) is 0 Å². The first-order chi connectivity index (χ1) is 8.63. The number of hydrogen-bond donors (Lipinski definition) is 3. The van der Waals surface area contributed by atoms with Gasteiger partial charge in [0.2, 0.25) is 5.91 Å². The fourth-order valence-electron chi connectivity index (χ4n) is 1.29. The van der Waals surface area contributed by atoms with Crippen molar-refractivity contribution in [1.29, 1.82) is 0 Å². The molecule has 1 heterocycles. The first-order valence-electron chi connectivity index (χ1n) is 5.74. The molecule has 100 valence electrons. The molecule has 8 nitrogen and oxygen atoms in total. The molecule has 1 aromatic heterocycles. The van der Waals surface area contributed by atoms with Crippen LogP contribution in [-0.4, -0.2) is 51.6 Å². The molecule has 0 atom stereocenters. The third-order valence-electron chi connectivity index (χ3n) is 2.17. The number of carboxylic acids is 1. The minimum atomic E-state index is -1.16. The lowest BCUT2D eigenvalue weighted by atomic mass is 10.4. The molecule has 18 heavy (non-hydrogen) atoms. The second kappa shape index (κ2) is 7.38. The number of aromatic nitrogens is 3. The van der Waals surface area contributed by atoms with E-state index in [4.69, 9.17) is 5.11 Å². The third-order valence-corrected chi connectivity index (χ3v) is 2.17. The number of carbonyl (C=O) groups excluding carboxylic acids is 1. The molecule has 0 aromatic carbocycles. The van der Waals surface area contributed by atoms with Crippen molar-refractivity contribution >= 4 is 11.9 Å². The number of aromatic carboxylic acids is 1. The first kappa shape index (κ1) is 14.1. The molecule has 0 saturated carbocycles. The number of carboxylic acid groups (broad SMARTS) is 1. The van der Waals surface area contributed by atoms with E-state index in [-0.39, 0.29) is 18.1 Å². The van der Waals surface area contributed by atoms with Crippen LogP contribution in [0, 0.1) is 0 Å². The SMILES string of the molecule is CCNCCCNC(=O)Cn1cc(C(=O)O)nn1. The van der Waals surface area contributed by atoms with Gasteiger partial charge >= 0.3 is 5.97 Å². The third kappa shape index (κ3) is 4.91. The molecule has 8 heteroatoms. The van der Waals surface area contributed by atoms with Gasteiger partial charge in [0, 0.05) is 6.54 Å². The summed E-state index contributed by atoms with van der Waals surface area (Å²) in [5.74, 6) is -1.37. The van der Waals surface area contributed by atoms with E-state index < -0.39 is 5.97 Å². The summed E-state index contributed by atoms with van der Waals surface area (Å²) < 4.78 is 1.20. The predicted octanol–water partition coefficient (Wildman–Crippen LogP) is -0.908. The van der Waals surface area contributed by atoms with Crippen LogP contribution in [-0.2, 0) is 11.3 Å². The Balaban J connectivity index is 2.24. The van der Waals surface area contributed by atoms with E-state index in [1.807, 2.05) is 6.92 Å². The zero-order valence-electron chi connectivity index (χ0n) is 10.2. The minimum Gasteiger partial charge on any atom is -0.476 e. The Morgan fingerprint density at radius 2 is 2.22 bits per heavy atom. The second-order valence-electron chi connectivity index (χ2n) is 3.66. The van der Waals surface area contributed by atoms with Crippen LogP contribution in [0.2, 0.25) is 0 Å². The number of amides is 1. The fraction of sp³-hybridized carbons (Fsp3) is 0.600. The maximum absolute atomic E-state index is 11.5. The Labute approximate surface area is 104 Å². The molecule has 0 bridgehead atoms. The summed E-state index contributed by atoms with van der Waals surface area (Å²) in [5.41, 5.74) is -0.171. The molecule has 0 aliphatic rings. The van der Waals surface area contributed by atoms with E-state index in [9.17, 15) is 9.59 Å². The van der Waals surface area contributed by atoms with Crippen LogP contribution < -0.4 is 10.6 Å². The minimum absolute atomic E-state index is 0.0263. The van der Waals surface area contributed by atoms with Crippen LogP contribution in [0.1, 0.15) is 23.8 Å². The summed E-state index contributed by atoms with van der Waals surface area (Å²) in [6, 6.07) is 0. The molecule has 1 aromatic rings. The first-order valence-corrected chi connectivity index (χ1v) is 5.74. The van der Waals surface area contributed by atoms with Crippen molar-refractivity contribution in [3.05, 3.63) is 11.9 Å². The maximum atomic E-state index is 11.5. The zero-order valence-corrected chi connectivity index (χ0v) is 10.2. The molecular weight excluding hydrogens is 238 g/mol. The van der Waals surface area contributed by atoms with Gasteiger partial charge in [-0.2, -0.15) is 0 Å². The average molecular weight is 255 g/mol. The number of nitrogens with zero attached hydrogens (tertiary/aromatic N) is 3. The Kier molecular flexibility index (Phi) is 5.78. The standard InChI is InChI=1S/C10H17N5O3/c1-2-11-4-3-5-12-9(16)7-15-6-8(10(17)18)13-14-15/h6,11H,2-5,7H2,1H3,(H,12,16)(H,17,18). The van der Waals surface area contributed by atoms with Gasteiger partial charge in [-0.25, -0.2) is 9.48 Å². The Bertz CT molecular complexity index is 404. The van der Waals surface area contributed by atoms with Gasteiger partial charge in [-0.3, -0.25) is 4.79 Å². The molecule has 0 aliphatic heterocycles. The highest BCUT2D eigenvalue weighted by Gasteiger charge is 2.10. The molecule has 0 aliphatic carbocycles. The fourth-order valence-corrected chi connectivity index (χ4v) is 1.29. The molecular formula is C10H17N5O3. The normalized spacial score (nSPS) is 10.3. The molecule has 0 saturated heterocycles. The highest BCUT2D eigenvalue weighted by Crippen LogP contribution is 1.92. The maximum Gasteiger partial charge on any atom is 0.358 e. The van der Waals surface area contributed by atoms with Crippen molar-refractivity contribution in [2.45, 2.75) is 19.9 Å². The van der Waals surface area contributed by atoms with Gasteiger partial charge in [0.25, 0.3) is 0 Å². The lowest BCUT2D eigenvalue weighted by Crippen LogP contribution is -2.30. The van der Waals surface area contributed by atoms with Crippen LogP contribution in [0.3, 0.4) is 0 Å². The highest BCUT2D eigenvalue weighted by atomic mass is 16.4. The monoisotopic (exact) mass is 255 g/mol. The van der Waals surface area contributed by atoms with Gasteiger partial charge in [0.05, 0.1) is 6.20 Å². The molecule has 1 amide bonds. The van der Waals surface area contributed by atoms with E-state index in [2.05, 4.69) is 20.9 Å². The Morgan fingerprint density at radius 3 is 2.83 bits per heavy atom. The number of carbonyl (C=O) groups is 2. The Morgan fingerprint density at radius 1 is 1.44 bits per heavy atom. The number of rotatable bonds is 8. The lowest BCUT2D eigenvalue weighted by Gasteiger charge is -2.05.